The van der Waals surface area contributed by atoms with E-state index in [1.807, 2.05) is 66.7 Å². The number of hydrogen-bond donors (Lipinski definition) is 0. The topological polar surface area (TPSA) is 38.7 Å². The second-order valence-corrected chi connectivity index (χ2v) is 9.15. The van der Waals surface area contributed by atoms with Crippen molar-refractivity contribution in [3.63, 3.8) is 0 Å². The summed E-state index contributed by atoms with van der Waals surface area (Å²) in [6.45, 7) is 0. The monoisotopic (exact) mass is 495 g/mol. The fraction of sp³-hybridized carbons (Fsp3) is 0. The normalized spacial score (nSPS) is 10.8. The molecular weight excluding hydrogens is 474 g/mol. The molecule has 1 aromatic heterocycles. The van der Waals surface area contributed by atoms with Gasteiger partial charge in [-0.05, 0) is 52.6 Å². The predicted molar refractivity (Wildman–Crippen MR) is 152 cm³/mol. The first-order chi connectivity index (χ1) is 18.2. The molecule has 0 aliphatic rings. The van der Waals surface area contributed by atoms with E-state index in [4.69, 9.17) is 26.6 Å². The Morgan fingerprint density at radius 1 is 0.324 bits per heavy atom. The molecular formula is C33H22ClN3. The molecule has 0 atom stereocenters. The van der Waals surface area contributed by atoms with Crippen molar-refractivity contribution in [2.24, 2.45) is 0 Å². The van der Waals surface area contributed by atoms with Gasteiger partial charge in [0.15, 0.2) is 17.5 Å². The van der Waals surface area contributed by atoms with E-state index in [-0.39, 0.29) is 0 Å². The molecule has 0 aliphatic carbocycles. The quantitative estimate of drug-likeness (QED) is 0.240. The third kappa shape index (κ3) is 5.04. The Bertz CT molecular complexity index is 1610. The van der Waals surface area contributed by atoms with Crippen LogP contribution in [0.3, 0.4) is 0 Å². The summed E-state index contributed by atoms with van der Waals surface area (Å²) < 4.78 is 0. The van der Waals surface area contributed by atoms with Gasteiger partial charge in [-0.1, -0.05) is 115 Å². The van der Waals surface area contributed by atoms with Crippen molar-refractivity contribution in [2.45, 2.75) is 0 Å². The molecule has 0 saturated heterocycles. The van der Waals surface area contributed by atoms with E-state index in [2.05, 4.69) is 66.7 Å². The van der Waals surface area contributed by atoms with Gasteiger partial charge in [0.05, 0.1) is 0 Å². The predicted octanol–water partition coefficient (Wildman–Crippen LogP) is 8.86. The number of hydrogen-bond acceptors (Lipinski definition) is 3. The van der Waals surface area contributed by atoms with Gasteiger partial charge in [0, 0.05) is 21.7 Å². The smallest absolute Gasteiger partial charge is 0.164 e. The van der Waals surface area contributed by atoms with Crippen molar-refractivity contribution in [1.82, 2.24) is 15.0 Å². The third-order valence-electron chi connectivity index (χ3n) is 6.16. The summed E-state index contributed by atoms with van der Waals surface area (Å²) >= 11 is 6.31. The van der Waals surface area contributed by atoms with Crippen LogP contribution >= 0.6 is 11.6 Å². The Morgan fingerprint density at radius 3 is 1.24 bits per heavy atom. The highest BCUT2D eigenvalue weighted by Crippen LogP contribution is 2.33. The molecule has 176 valence electrons. The van der Waals surface area contributed by atoms with Crippen molar-refractivity contribution in [1.29, 1.82) is 0 Å². The molecule has 6 rings (SSSR count). The number of aromatic nitrogens is 3. The van der Waals surface area contributed by atoms with Crippen molar-refractivity contribution in [3.05, 3.63) is 138 Å². The van der Waals surface area contributed by atoms with Gasteiger partial charge in [0.1, 0.15) is 0 Å². The van der Waals surface area contributed by atoms with Crippen LogP contribution in [-0.4, -0.2) is 15.0 Å². The second-order valence-electron chi connectivity index (χ2n) is 8.71. The summed E-state index contributed by atoms with van der Waals surface area (Å²) in [6, 6.07) is 44.8. The fourth-order valence-electron chi connectivity index (χ4n) is 4.33. The lowest BCUT2D eigenvalue weighted by Crippen LogP contribution is -2.00. The molecule has 0 aliphatic heterocycles. The molecule has 0 amide bonds. The van der Waals surface area contributed by atoms with E-state index in [1.54, 1.807) is 0 Å². The molecule has 37 heavy (non-hydrogen) atoms. The highest BCUT2D eigenvalue weighted by Gasteiger charge is 2.15. The SMILES string of the molecule is Clc1cccc(-c2nc(-c3ccccc3)nc(-c3cc(-c4ccccc4)cc(-c4ccccc4)c3)n2)c1. The first kappa shape index (κ1) is 22.8. The van der Waals surface area contributed by atoms with Crippen molar-refractivity contribution < 1.29 is 0 Å². The Morgan fingerprint density at radius 2 is 0.730 bits per heavy atom. The summed E-state index contributed by atoms with van der Waals surface area (Å²) in [5.41, 5.74) is 7.16. The van der Waals surface area contributed by atoms with Gasteiger partial charge in [0.25, 0.3) is 0 Å². The van der Waals surface area contributed by atoms with E-state index >= 15 is 0 Å². The minimum Gasteiger partial charge on any atom is -0.208 e. The van der Waals surface area contributed by atoms with E-state index in [0.29, 0.717) is 22.5 Å². The van der Waals surface area contributed by atoms with Crippen LogP contribution in [0.5, 0.6) is 0 Å². The molecule has 0 unspecified atom stereocenters. The average Bonchev–Trinajstić information content (AvgIpc) is 2.98. The lowest BCUT2D eigenvalue weighted by atomic mass is 9.96. The molecule has 3 nitrogen and oxygen atoms in total. The zero-order valence-electron chi connectivity index (χ0n) is 19.9. The van der Waals surface area contributed by atoms with E-state index < -0.39 is 0 Å². The fourth-order valence-corrected chi connectivity index (χ4v) is 4.52. The van der Waals surface area contributed by atoms with E-state index in [1.165, 1.54) is 0 Å². The Labute approximate surface area is 221 Å². The van der Waals surface area contributed by atoms with Crippen LogP contribution in [-0.2, 0) is 0 Å². The maximum Gasteiger partial charge on any atom is 0.164 e. The van der Waals surface area contributed by atoms with Crippen LogP contribution < -0.4 is 0 Å². The van der Waals surface area contributed by atoms with Gasteiger partial charge in [-0.2, -0.15) is 0 Å². The van der Waals surface area contributed by atoms with Gasteiger partial charge < -0.3 is 0 Å². The zero-order chi connectivity index (χ0) is 25.0. The van der Waals surface area contributed by atoms with Gasteiger partial charge in [0.2, 0.25) is 0 Å². The molecule has 0 radical (unpaired) electrons. The second kappa shape index (κ2) is 10.2. The Kier molecular flexibility index (Phi) is 6.28. The van der Waals surface area contributed by atoms with E-state index in [9.17, 15) is 0 Å². The van der Waals surface area contributed by atoms with Crippen LogP contribution in [0.2, 0.25) is 5.02 Å². The Hall–Kier alpha value is -4.60. The van der Waals surface area contributed by atoms with Crippen LogP contribution in [0.15, 0.2) is 133 Å². The highest BCUT2D eigenvalue weighted by atomic mass is 35.5. The van der Waals surface area contributed by atoms with Crippen molar-refractivity contribution >= 4 is 11.6 Å². The molecule has 4 heteroatoms. The number of halogens is 1. The summed E-state index contributed by atoms with van der Waals surface area (Å²) in [4.78, 5) is 14.7. The van der Waals surface area contributed by atoms with Gasteiger partial charge >= 0.3 is 0 Å². The summed E-state index contributed by atoms with van der Waals surface area (Å²) in [7, 11) is 0. The molecule has 0 spiro atoms. The lowest BCUT2D eigenvalue weighted by molar-refractivity contribution is 1.07. The maximum atomic E-state index is 6.31. The van der Waals surface area contributed by atoms with E-state index in [0.717, 1.165) is 38.9 Å². The molecule has 0 fully saturated rings. The van der Waals surface area contributed by atoms with Gasteiger partial charge in [-0.3, -0.25) is 0 Å². The lowest BCUT2D eigenvalue weighted by Gasteiger charge is -2.12. The zero-order valence-corrected chi connectivity index (χ0v) is 20.7. The van der Waals surface area contributed by atoms with Crippen LogP contribution in [0.25, 0.3) is 56.4 Å². The van der Waals surface area contributed by atoms with Crippen LogP contribution in [0, 0.1) is 0 Å². The summed E-state index contributed by atoms with van der Waals surface area (Å²) in [5, 5.41) is 0.637. The molecule has 0 saturated carbocycles. The highest BCUT2D eigenvalue weighted by molar-refractivity contribution is 6.30. The van der Waals surface area contributed by atoms with Crippen LogP contribution in [0.4, 0.5) is 0 Å². The number of rotatable bonds is 5. The standard InChI is InChI=1S/C33H22ClN3/c34-30-18-10-17-26(22-30)32-35-31(25-15-8-3-9-16-25)36-33(37-32)29-20-27(23-11-4-1-5-12-23)19-28(21-29)24-13-6-2-7-14-24/h1-22H. The van der Waals surface area contributed by atoms with Crippen molar-refractivity contribution in [3.8, 4) is 56.4 Å². The summed E-state index contributed by atoms with van der Waals surface area (Å²) in [5.74, 6) is 1.81. The molecule has 1 heterocycles. The number of benzene rings is 5. The summed E-state index contributed by atoms with van der Waals surface area (Å²) in [6.07, 6.45) is 0. The first-order valence-electron chi connectivity index (χ1n) is 12.1. The molecule has 0 N–H and O–H groups in total. The van der Waals surface area contributed by atoms with Gasteiger partial charge in [-0.25, -0.2) is 15.0 Å². The minimum atomic E-state index is 0.581. The molecule has 5 aromatic carbocycles. The van der Waals surface area contributed by atoms with Gasteiger partial charge in [-0.15, -0.1) is 0 Å². The minimum absolute atomic E-state index is 0.581. The molecule has 0 bridgehead atoms. The first-order valence-corrected chi connectivity index (χ1v) is 12.4. The largest absolute Gasteiger partial charge is 0.208 e. The Balaban J connectivity index is 1.59. The third-order valence-corrected chi connectivity index (χ3v) is 6.39. The van der Waals surface area contributed by atoms with Crippen LogP contribution in [0.1, 0.15) is 0 Å². The maximum absolute atomic E-state index is 6.31. The van der Waals surface area contributed by atoms with Crippen molar-refractivity contribution in [2.75, 3.05) is 0 Å². The molecule has 6 aromatic rings. The average molecular weight is 496 g/mol. The number of nitrogens with zero attached hydrogens (tertiary/aromatic N) is 3.